The number of aryl methyl sites for hydroxylation is 1. The van der Waals surface area contributed by atoms with E-state index in [0.717, 1.165) is 35.9 Å². The molecule has 2 aliphatic carbocycles. The molecular formula is C25H25F4N3. The molecule has 3 atom stereocenters. The first-order chi connectivity index (χ1) is 15.3. The molecule has 7 heteroatoms. The smallest absolute Gasteiger partial charge is 0.233 e. The Hall–Kier alpha value is -2.88. The molecule has 0 radical (unpaired) electrons. The molecule has 2 aromatic carbocycles. The number of fused-ring (bicyclic) bond motifs is 4. The quantitative estimate of drug-likeness (QED) is 0.377. The molecule has 0 N–H and O–H groups in total. The SMILES string of the molecule is CC#N.Fc1ccc(-n2ncc3cc4c(cc32)CCCC2CC(C(F)(F)F)CCC42)cc1. The molecule has 1 aromatic heterocycles. The minimum absolute atomic E-state index is 0.0984. The first-order valence-electron chi connectivity index (χ1n) is 11.0. The molecule has 0 amide bonds. The number of nitrogens with zero attached hydrogens (tertiary/aromatic N) is 3. The van der Waals surface area contributed by atoms with Gasteiger partial charge in [-0.25, -0.2) is 9.07 Å². The maximum absolute atomic E-state index is 13.3. The predicted molar refractivity (Wildman–Crippen MR) is 115 cm³/mol. The van der Waals surface area contributed by atoms with Crippen LogP contribution in [0.1, 0.15) is 56.1 Å². The van der Waals surface area contributed by atoms with Gasteiger partial charge in [0.15, 0.2) is 0 Å². The summed E-state index contributed by atoms with van der Waals surface area (Å²) in [5.74, 6) is -1.15. The molecular weight excluding hydrogens is 418 g/mol. The Bertz CT molecular complexity index is 1130. The highest BCUT2D eigenvalue weighted by molar-refractivity contribution is 5.82. The van der Waals surface area contributed by atoms with Crippen molar-refractivity contribution < 1.29 is 17.6 Å². The molecule has 32 heavy (non-hydrogen) atoms. The van der Waals surface area contributed by atoms with E-state index in [1.165, 1.54) is 30.2 Å². The Balaban J connectivity index is 0.000000775. The van der Waals surface area contributed by atoms with Gasteiger partial charge < -0.3 is 0 Å². The van der Waals surface area contributed by atoms with Crippen molar-refractivity contribution in [2.45, 2.75) is 57.5 Å². The number of aromatic nitrogens is 2. The highest BCUT2D eigenvalue weighted by Crippen LogP contribution is 2.50. The number of alkyl halides is 3. The Morgan fingerprint density at radius 1 is 1.09 bits per heavy atom. The van der Waals surface area contributed by atoms with Crippen molar-refractivity contribution in [3.05, 3.63) is 59.5 Å². The number of halogens is 4. The van der Waals surface area contributed by atoms with Gasteiger partial charge >= 0.3 is 6.18 Å². The Morgan fingerprint density at radius 2 is 1.81 bits per heavy atom. The molecule has 1 saturated carbocycles. The van der Waals surface area contributed by atoms with Gasteiger partial charge in [0.25, 0.3) is 0 Å². The molecule has 3 nitrogen and oxygen atoms in total. The van der Waals surface area contributed by atoms with Gasteiger partial charge in [-0.05, 0) is 97.9 Å². The normalized spacial score (nSPS) is 22.7. The molecule has 3 unspecified atom stereocenters. The topological polar surface area (TPSA) is 41.6 Å². The third-order valence-corrected chi connectivity index (χ3v) is 6.77. The lowest BCUT2D eigenvalue weighted by Gasteiger charge is -2.36. The van der Waals surface area contributed by atoms with E-state index in [4.69, 9.17) is 5.26 Å². The summed E-state index contributed by atoms with van der Waals surface area (Å²) in [6.45, 7) is 1.43. The van der Waals surface area contributed by atoms with Crippen LogP contribution >= 0.6 is 0 Å². The highest BCUT2D eigenvalue weighted by Gasteiger charge is 2.45. The Labute approximate surface area is 184 Å². The van der Waals surface area contributed by atoms with E-state index < -0.39 is 12.1 Å². The van der Waals surface area contributed by atoms with Gasteiger partial charge in [-0.15, -0.1) is 0 Å². The van der Waals surface area contributed by atoms with Crippen LogP contribution in [0.5, 0.6) is 0 Å². The predicted octanol–water partition coefficient (Wildman–Crippen LogP) is 7.09. The van der Waals surface area contributed by atoms with E-state index in [0.29, 0.717) is 6.42 Å². The van der Waals surface area contributed by atoms with E-state index in [1.807, 2.05) is 0 Å². The summed E-state index contributed by atoms with van der Waals surface area (Å²) in [6.07, 6.45) is 1.42. The van der Waals surface area contributed by atoms with Crippen LogP contribution < -0.4 is 0 Å². The van der Waals surface area contributed by atoms with Crippen molar-refractivity contribution in [2.75, 3.05) is 0 Å². The first kappa shape index (κ1) is 22.3. The summed E-state index contributed by atoms with van der Waals surface area (Å²) in [5.41, 5.74) is 4.18. The van der Waals surface area contributed by atoms with Crippen LogP contribution in [0, 0.1) is 29.0 Å². The second kappa shape index (κ2) is 8.93. The summed E-state index contributed by atoms with van der Waals surface area (Å²) in [6, 6.07) is 12.2. The van der Waals surface area contributed by atoms with Crippen LogP contribution in [0.2, 0.25) is 0 Å². The van der Waals surface area contributed by atoms with Gasteiger partial charge in [0, 0.05) is 12.3 Å². The van der Waals surface area contributed by atoms with Crippen molar-refractivity contribution >= 4 is 10.9 Å². The molecule has 0 saturated heterocycles. The third kappa shape index (κ3) is 4.36. The second-order valence-electron chi connectivity index (χ2n) is 8.68. The molecule has 2 aliphatic rings. The Morgan fingerprint density at radius 3 is 2.50 bits per heavy atom. The summed E-state index contributed by atoms with van der Waals surface area (Å²) in [5, 5.41) is 12.8. The molecule has 168 valence electrons. The highest BCUT2D eigenvalue weighted by atomic mass is 19.4. The zero-order valence-corrected chi connectivity index (χ0v) is 17.9. The molecule has 0 aliphatic heterocycles. The van der Waals surface area contributed by atoms with Gasteiger partial charge in [-0.3, -0.25) is 0 Å². The zero-order chi connectivity index (χ0) is 22.9. The van der Waals surface area contributed by atoms with Gasteiger partial charge in [0.05, 0.1) is 29.4 Å². The lowest BCUT2D eigenvalue weighted by atomic mass is 9.70. The van der Waals surface area contributed by atoms with Gasteiger partial charge in [0.1, 0.15) is 5.82 Å². The van der Waals surface area contributed by atoms with E-state index >= 15 is 0 Å². The molecule has 1 fully saturated rings. The standard InChI is InChI=1S/C23H22F4N2.C2H3N/c24-18-5-7-19(8-6-18)29-22-12-15-3-1-2-14-10-17(23(25,26)27)4-9-20(14)21(15)11-16(22)13-28-29;1-2-3/h5-8,11-14,17,20H,1-4,9-10H2;1H3. The first-order valence-corrected chi connectivity index (χ1v) is 11.0. The number of hydrogen-bond donors (Lipinski definition) is 0. The van der Waals surface area contributed by atoms with Gasteiger partial charge in [-0.2, -0.15) is 23.5 Å². The van der Waals surface area contributed by atoms with Crippen LogP contribution in [0.25, 0.3) is 16.6 Å². The number of hydrogen-bond acceptors (Lipinski definition) is 2. The minimum Gasteiger partial charge on any atom is -0.233 e. The number of rotatable bonds is 1. The molecule has 1 heterocycles. The monoisotopic (exact) mass is 443 g/mol. The average molecular weight is 443 g/mol. The fourth-order valence-electron chi connectivity index (χ4n) is 5.33. The zero-order valence-electron chi connectivity index (χ0n) is 17.9. The van der Waals surface area contributed by atoms with Crippen molar-refractivity contribution in [1.82, 2.24) is 9.78 Å². The van der Waals surface area contributed by atoms with Crippen LogP contribution in [0.15, 0.2) is 42.6 Å². The van der Waals surface area contributed by atoms with Crippen molar-refractivity contribution in [3.63, 3.8) is 0 Å². The lowest BCUT2D eigenvalue weighted by Crippen LogP contribution is -2.32. The summed E-state index contributed by atoms with van der Waals surface area (Å²) >= 11 is 0. The van der Waals surface area contributed by atoms with Crippen molar-refractivity contribution in [3.8, 4) is 11.8 Å². The second-order valence-corrected chi connectivity index (χ2v) is 8.68. The summed E-state index contributed by atoms with van der Waals surface area (Å²) in [4.78, 5) is 0. The van der Waals surface area contributed by atoms with E-state index in [-0.39, 0.29) is 30.5 Å². The number of nitriles is 1. The summed E-state index contributed by atoms with van der Waals surface area (Å²) < 4.78 is 54.9. The van der Waals surface area contributed by atoms with E-state index in [2.05, 4.69) is 17.2 Å². The molecule has 5 rings (SSSR count). The minimum atomic E-state index is -4.08. The molecule has 0 spiro atoms. The molecule has 0 bridgehead atoms. The summed E-state index contributed by atoms with van der Waals surface area (Å²) in [7, 11) is 0. The van der Waals surface area contributed by atoms with Gasteiger partial charge in [-0.1, -0.05) is 0 Å². The van der Waals surface area contributed by atoms with Crippen LogP contribution in [0.4, 0.5) is 17.6 Å². The van der Waals surface area contributed by atoms with Crippen molar-refractivity contribution in [2.24, 2.45) is 11.8 Å². The Kier molecular flexibility index (Phi) is 6.23. The van der Waals surface area contributed by atoms with Crippen LogP contribution in [-0.2, 0) is 6.42 Å². The molecule has 3 aromatic rings. The van der Waals surface area contributed by atoms with Crippen LogP contribution in [-0.4, -0.2) is 16.0 Å². The number of benzene rings is 2. The van der Waals surface area contributed by atoms with Crippen molar-refractivity contribution in [1.29, 1.82) is 5.26 Å². The largest absolute Gasteiger partial charge is 0.391 e. The maximum atomic E-state index is 13.3. The van der Waals surface area contributed by atoms with E-state index in [1.54, 1.807) is 29.1 Å². The third-order valence-electron chi connectivity index (χ3n) is 6.77. The fourth-order valence-corrected chi connectivity index (χ4v) is 5.33. The fraction of sp³-hybridized carbons (Fsp3) is 0.440. The van der Waals surface area contributed by atoms with Gasteiger partial charge in [0.2, 0.25) is 0 Å². The van der Waals surface area contributed by atoms with Crippen LogP contribution in [0.3, 0.4) is 0 Å². The lowest BCUT2D eigenvalue weighted by molar-refractivity contribution is -0.187. The average Bonchev–Trinajstić information content (AvgIpc) is 3.07. The maximum Gasteiger partial charge on any atom is 0.391 e. The van der Waals surface area contributed by atoms with E-state index in [9.17, 15) is 17.6 Å².